The normalized spacial score (nSPS) is 13.7. The Morgan fingerprint density at radius 1 is 0.371 bits per heavy atom. The molecule has 0 aliphatic carbocycles. The lowest BCUT2D eigenvalue weighted by Crippen LogP contribution is -2.39. The van der Waals surface area contributed by atoms with Crippen molar-refractivity contribution >= 4 is 17.1 Å². The molecule has 0 radical (unpaired) electrons. The van der Waals surface area contributed by atoms with Gasteiger partial charge in [0.25, 0.3) is 0 Å². The number of anilines is 3. The number of aromatic nitrogens is 1. The third-order valence-electron chi connectivity index (χ3n) is 12.8. The second kappa shape index (κ2) is 15.4. The van der Waals surface area contributed by atoms with E-state index in [4.69, 9.17) is 4.98 Å². The zero-order valence-corrected chi connectivity index (χ0v) is 37.8. The summed E-state index contributed by atoms with van der Waals surface area (Å²) >= 11 is 0. The standard InChI is InChI=1S/C60H58N2/c1-57(2,3)46-28-32-50(33-29-46)62-54-34-30-48(58(4,5)6)39-51(54)60(47-24-17-12-18-25-47,52-40-49(59(7,8)9)31-35-55(52)62)56-27-19-26-53(61-56)45-37-43(41-20-13-10-14-21-41)36-44(38-45)42-22-15-11-16-23-42/h10-40H,1-9H3. The van der Waals surface area contributed by atoms with Gasteiger partial charge in [0.1, 0.15) is 0 Å². The number of hydrogen-bond donors (Lipinski definition) is 0. The van der Waals surface area contributed by atoms with Crippen LogP contribution in [-0.4, -0.2) is 4.98 Å². The molecule has 1 aliphatic rings. The molecule has 7 aromatic carbocycles. The van der Waals surface area contributed by atoms with E-state index in [2.05, 4.69) is 255 Å². The second-order valence-corrected chi connectivity index (χ2v) is 20.2. The molecule has 0 spiro atoms. The van der Waals surface area contributed by atoms with Gasteiger partial charge in [-0.2, -0.15) is 0 Å². The van der Waals surface area contributed by atoms with Gasteiger partial charge in [-0.15, -0.1) is 0 Å². The number of fused-ring (bicyclic) bond motifs is 2. The van der Waals surface area contributed by atoms with E-state index in [1.165, 1.54) is 44.5 Å². The maximum absolute atomic E-state index is 5.88. The van der Waals surface area contributed by atoms with Crippen molar-refractivity contribution in [1.82, 2.24) is 4.98 Å². The molecule has 308 valence electrons. The number of nitrogens with zero attached hydrogens (tertiary/aromatic N) is 2. The average molecular weight is 807 g/mol. The molecule has 62 heavy (non-hydrogen) atoms. The maximum atomic E-state index is 5.88. The molecule has 0 saturated carbocycles. The fourth-order valence-corrected chi connectivity index (χ4v) is 9.26. The van der Waals surface area contributed by atoms with E-state index < -0.39 is 5.41 Å². The first kappa shape index (κ1) is 40.9. The minimum absolute atomic E-state index is 0.0427. The second-order valence-electron chi connectivity index (χ2n) is 20.2. The Labute approximate surface area is 370 Å². The van der Waals surface area contributed by atoms with Crippen LogP contribution in [0.5, 0.6) is 0 Å². The van der Waals surface area contributed by atoms with Gasteiger partial charge in [-0.05, 0) is 126 Å². The first-order valence-electron chi connectivity index (χ1n) is 22.1. The molecule has 0 saturated heterocycles. The first-order valence-corrected chi connectivity index (χ1v) is 22.1. The molecule has 0 amide bonds. The van der Waals surface area contributed by atoms with Gasteiger partial charge in [0.2, 0.25) is 0 Å². The third-order valence-corrected chi connectivity index (χ3v) is 12.8. The van der Waals surface area contributed by atoms with E-state index in [0.29, 0.717) is 0 Å². The fraction of sp³-hybridized carbons (Fsp3) is 0.217. The highest BCUT2D eigenvalue weighted by molar-refractivity contribution is 5.90. The van der Waals surface area contributed by atoms with E-state index >= 15 is 0 Å². The molecular formula is C60H58N2. The van der Waals surface area contributed by atoms with Gasteiger partial charge in [0.05, 0.1) is 28.2 Å². The van der Waals surface area contributed by atoms with Crippen molar-refractivity contribution in [2.75, 3.05) is 4.90 Å². The lowest BCUT2D eigenvalue weighted by Gasteiger charge is -2.47. The van der Waals surface area contributed by atoms with E-state index in [-0.39, 0.29) is 16.2 Å². The van der Waals surface area contributed by atoms with Crippen LogP contribution in [0.15, 0.2) is 188 Å². The van der Waals surface area contributed by atoms with Gasteiger partial charge >= 0.3 is 0 Å². The molecule has 0 bridgehead atoms. The Morgan fingerprint density at radius 2 is 0.806 bits per heavy atom. The minimum atomic E-state index is -0.772. The zero-order valence-electron chi connectivity index (χ0n) is 37.8. The first-order chi connectivity index (χ1) is 29.6. The van der Waals surface area contributed by atoms with E-state index in [9.17, 15) is 0 Å². The summed E-state index contributed by atoms with van der Waals surface area (Å²) in [4.78, 5) is 8.38. The van der Waals surface area contributed by atoms with Gasteiger partial charge in [-0.1, -0.05) is 196 Å². The van der Waals surface area contributed by atoms with Crippen molar-refractivity contribution in [2.24, 2.45) is 0 Å². The highest BCUT2D eigenvalue weighted by Crippen LogP contribution is 2.58. The molecule has 0 atom stereocenters. The van der Waals surface area contributed by atoms with Gasteiger partial charge < -0.3 is 4.90 Å². The number of pyridine rings is 1. The van der Waals surface area contributed by atoms with E-state index in [1.807, 2.05) is 0 Å². The van der Waals surface area contributed by atoms with Crippen molar-refractivity contribution in [3.8, 4) is 33.5 Å². The van der Waals surface area contributed by atoms with Crippen molar-refractivity contribution in [3.05, 3.63) is 227 Å². The largest absolute Gasteiger partial charge is 0.310 e. The number of hydrogen-bond acceptors (Lipinski definition) is 2. The van der Waals surface area contributed by atoms with Gasteiger partial charge in [-0.3, -0.25) is 4.98 Å². The van der Waals surface area contributed by atoms with Crippen molar-refractivity contribution in [2.45, 2.75) is 84.0 Å². The Balaban J connectivity index is 1.38. The topological polar surface area (TPSA) is 16.1 Å². The van der Waals surface area contributed by atoms with Crippen molar-refractivity contribution in [3.63, 3.8) is 0 Å². The summed E-state index contributed by atoms with van der Waals surface area (Å²) < 4.78 is 0. The van der Waals surface area contributed by atoms with Crippen molar-refractivity contribution in [1.29, 1.82) is 0 Å². The molecule has 8 aromatic rings. The van der Waals surface area contributed by atoms with Gasteiger partial charge in [-0.25, -0.2) is 0 Å². The smallest absolute Gasteiger partial charge is 0.0914 e. The maximum Gasteiger partial charge on any atom is 0.0914 e. The van der Waals surface area contributed by atoms with Crippen LogP contribution in [0.3, 0.4) is 0 Å². The average Bonchev–Trinajstić information content (AvgIpc) is 3.28. The van der Waals surface area contributed by atoms with Gasteiger partial charge in [0, 0.05) is 11.3 Å². The number of benzene rings is 7. The summed E-state index contributed by atoms with van der Waals surface area (Å²) in [7, 11) is 0. The van der Waals surface area contributed by atoms with E-state index in [1.54, 1.807) is 0 Å². The summed E-state index contributed by atoms with van der Waals surface area (Å²) in [6.07, 6.45) is 0. The predicted octanol–water partition coefficient (Wildman–Crippen LogP) is 16.1. The molecule has 2 heteroatoms. The van der Waals surface area contributed by atoms with Crippen LogP contribution < -0.4 is 4.90 Å². The molecule has 0 unspecified atom stereocenters. The van der Waals surface area contributed by atoms with Crippen LogP contribution in [0.25, 0.3) is 33.5 Å². The zero-order chi connectivity index (χ0) is 43.4. The molecule has 1 aromatic heterocycles. The summed E-state index contributed by atoms with van der Waals surface area (Å²) in [6.45, 7) is 20.8. The molecule has 1 aliphatic heterocycles. The monoisotopic (exact) mass is 806 g/mol. The lowest BCUT2D eigenvalue weighted by molar-refractivity contribution is 0.582. The Morgan fingerprint density at radius 3 is 1.27 bits per heavy atom. The van der Waals surface area contributed by atoms with Crippen LogP contribution in [-0.2, 0) is 21.7 Å². The molecule has 0 fully saturated rings. The van der Waals surface area contributed by atoms with Crippen molar-refractivity contribution < 1.29 is 0 Å². The number of rotatable bonds is 6. The predicted molar refractivity (Wildman–Crippen MR) is 263 cm³/mol. The Hall–Kier alpha value is -6.51. The molecular weight excluding hydrogens is 749 g/mol. The molecule has 2 heterocycles. The van der Waals surface area contributed by atoms with Crippen LogP contribution in [0, 0.1) is 0 Å². The van der Waals surface area contributed by atoms with E-state index in [0.717, 1.165) is 45.1 Å². The summed E-state index contributed by atoms with van der Waals surface area (Å²) in [5.41, 5.74) is 17.8. The van der Waals surface area contributed by atoms with Gasteiger partial charge in [0.15, 0.2) is 0 Å². The SMILES string of the molecule is CC(C)(C)c1ccc(N2c3ccc(C(C)(C)C)cc3C(c3ccccc3)(c3cccc(-c4cc(-c5ccccc5)cc(-c5ccccc5)c4)n3)c3cc(C(C)(C)C)ccc32)cc1. The third kappa shape index (κ3) is 7.36. The quantitative estimate of drug-likeness (QED) is 0.166. The summed E-state index contributed by atoms with van der Waals surface area (Å²) in [5, 5.41) is 0. The highest BCUT2D eigenvalue weighted by atomic mass is 15.2. The fourth-order valence-electron chi connectivity index (χ4n) is 9.26. The molecule has 9 rings (SSSR count). The Kier molecular flexibility index (Phi) is 10.2. The van der Waals surface area contributed by atoms with Crippen LogP contribution >= 0.6 is 0 Å². The highest BCUT2D eigenvalue weighted by Gasteiger charge is 2.48. The Bertz CT molecular complexity index is 2750. The molecule has 0 N–H and O–H groups in total. The van der Waals surface area contributed by atoms with Crippen LogP contribution in [0.2, 0.25) is 0 Å². The summed E-state index contributed by atoms with van der Waals surface area (Å²) in [5.74, 6) is 0. The molecule has 2 nitrogen and oxygen atoms in total. The lowest BCUT2D eigenvalue weighted by atomic mass is 9.62. The minimum Gasteiger partial charge on any atom is -0.310 e. The van der Waals surface area contributed by atoms with Crippen LogP contribution in [0.1, 0.15) is 101 Å². The van der Waals surface area contributed by atoms with Crippen LogP contribution in [0.4, 0.5) is 17.1 Å². The summed E-state index contributed by atoms with van der Waals surface area (Å²) in [6, 6.07) is 69.7.